The summed E-state index contributed by atoms with van der Waals surface area (Å²) in [4.78, 5) is 37.2. The Morgan fingerprint density at radius 2 is 2.09 bits per heavy atom. The average molecular weight is 480 g/mol. The van der Waals surface area contributed by atoms with Crippen molar-refractivity contribution in [2.45, 2.75) is 39.7 Å². The molecule has 4 rings (SSSR count). The van der Waals surface area contributed by atoms with Crippen molar-refractivity contribution in [2.24, 2.45) is 5.92 Å². The van der Waals surface area contributed by atoms with E-state index in [-0.39, 0.29) is 0 Å². The predicted molar refractivity (Wildman–Crippen MR) is 136 cm³/mol. The molecule has 0 bridgehead atoms. The SMILES string of the molecule is CCc1cc(NC(=O)C(=O)[N+]2=C(c3ccc4sc(CN(C)C)nc4c3)CC[C@H](C)C2)cnc1N. The zero-order valence-electron chi connectivity index (χ0n) is 20.1. The number of hydrogen-bond acceptors (Lipinski definition) is 7. The lowest BCUT2D eigenvalue weighted by molar-refractivity contribution is -0.456. The smallest absolute Gasteiger partial charge is 0.383 e. The number of benzene rings is 1. The van der Waals surface area contributed by atoms with Crippen molar-refractivity contribution < 1.29 is 14.2 Å². The Morgan fingerprint density at radius 3 is 2.82 bits per heavy atom. The second-order valence-corrected chi connectivity index (χ2v) is 10.2. The highest BCUT2D eigenvalue weighted by atomic mass is 32.1. The molecule has 2 aromatic heterocycles. The van der Waals surface area contributed by atoms with Crippen LogP contribution in [-0.4, -0.2) is 57.6 Å². The van der Waals surface area contributed by atoms with Crippen molar-refractivity contribution >= 4 is 50.6 Å². The molecular formula is C25H31N6O2S+. The van der Waals surface area contributed by atoms with Gasteiger partial charge < -0.3 is 16.0 Å². The molecule has 34 heavy (non-hydrogen) atoms. The topological polar surface area (TPSA) is 104 Å². The number of carbonyl (C=O) groups excluding carboxylic acids is 2. The summed E-state index contributed by atoms with van der Waals surface area (Å²) in [7, 11) is 4.04. The zero-order chi connectivity index (χ0) is 24.4. The first-order valence-corrected chi connectivity index (χ1v) is 12.3. The maximum absolute atomic E-state index is 13.3. The number of amides is 2. The van der Waals surface area contributed by atoms with E-state index < -0.39 is 11.8 Å². The number of nitrogen functional groups attached to an aromatic ring is 1. The number of thiazole rings is 1. The maximum Gasteiger partial charge on any atom is 0.477 e. The first kappa shape index (κ1) is 24.0. The average Bonchev–Trinajstić information content (AvgIpc) is 3.20. The summed E-state index contributed by atoms with van der Waals surface area (Å²) in [6.45, 7) is 5.35. The van der Waals surface area contributed by atoms with Gasteiger partial charge in [0.15, 0.2) is 12.3 Å². The van der Waals surface area contributed by atoms with Crippen molar-refractivity contribution in [3.63, 3.8) is 0 Å². The minimum Gasteiger partial charge on any atom is -0.383 e. The van der Waals surface area contributed by atoms with E-state index in [1.54, 1.807) is 22.0 Å². The van der Waals surface area contributed by atoms with Gasteiger partial charge in [-0.15, -0.1) is 11.3 Å². The number of carbonyl (C=O) groups is 2. The van der Waals surface area contributed by atoms with Crippen LogP contribution in [0.1, 0.15) is 42.8 Å². The van der Waals surface area contributed by atoms with Crippen molar-refractivity contribution in [2.75, 3.05) is 31.7 Å². The van der Waals surface area contributed by atoms with Crippen LogP contribution in [0.2, 0.25) is 0 Å². The minimum absolute atomic E-state index is 0.306. The van der Waals surface area contributed by atoms with Gasteiger partial charge in [-0.3, -0.25) is 4.79 Å². The molecule has 1 aliphatic heterocycles. The predicted octanol–water partition coefficient (Wildman–Crippen LogP) is 3.29. The van der Waals surface area contributed by atoms with Crippen molar-refractivity contribution in [3.05, 3.63) is 46.6 Å². The number of pyridine rings is 1. The highest BCUT2D eigenvalue weighted by Crippen LogP contribution is 2.26. The molecule has 0 aliphatic carbocycles. The highest BCUT2D eigenvalue weighted by Gasteiger charge is 2.36. The molecule has 0 fully saturated rings. The van der Waals surface area contributed by atoms with Gasteiger partial charge >= 0.3 is 11.8 Å². The van der Waals surface area contributed by atoms with E-state index >= 15 is 0 Å². The Hall–Kier alpha value is -3.17. The third-order valence-corrected chi connectivity index (χ3v) is 7.01. The molecule has 8 nitrogen and oxygen atoms in total. The fourth-order valence-electron chi connectivity index (χ4n) is 4.21. The minimum atomic E-state index is -0.678. The van der Waals surface area contributed by atoms with Crippen LogP contribution >= 0.6 is 11.3 Å². The van der Waals surface area contributed by atoms with Crippen LogP contribution in [-0.2, 0) is 22.6 Å². The standard InChI is InChI=1S/C25H30N6O2S/c1-5-16-10-18(12-27-23(16)26)28-24(32)25(33)31-13-15(2)6-8-20(31)17-7-9-21-19(11-17)29-22(34-21)14-30(3)4/h7,9-12,15H,5-6,8,13-14H2,1-4H3,(H2-,26,27,28,32,33)/p+1/t15-/m0/s1. The molecule has 0 saturated heterocycles. The van der Waals surface area contributed by atoms with Gasteiger partial charge in [-0.25, -0.2) is 14.8 Å². The van der Waals surface area contributed by atoms with Crippen LogP contribution in [0.5, 0.6) is 0 Å². The summed E-state index contributed by atoms with van der Waals surface area (Å²) in [5.74, 6) is -0.509. The Bertz CT molecular complexity index is 1280. The summed E-state index contributed by atoms with van der Waals surface area (Å²) in [6.07, 6.45) is 3.85. The van der Waals surface area contributed by atoms with Crippen LogP contribution in [0.4, 0.5) is 11.5 Å². The van der Waals surface area contributed by atoms with Crippen molar-refractivity contribution in [1.82, 2.24) is 14.9 Å². The van der Waals surface area contributed by atoms with Crippen LogP contribution in [0.3, 0.4) is 0 Å². The second kappa shape index (κ2) is 9.99. The Morgan fingerprint density at radius 1 is 1.29 bits per heavy atom. The summed E-state index contributed by atoms with van der Waals surface area (Å²) in [5.41, 5.74) is 9.88. The fraction of sp³-hybridized carbons (Fsp3) is 0.400. The number of fused-ring (bicyclic) bond motifs is 1. The number of hydrogen-bond donors (Lipinski definition) is 2. The molecule has 3 heterocycles. The van der Waals surface area contributed by atoms with E-state index in [0.29, 0.717) is 30.4 Å². The van der Waals surface area contributed by atoms with Gasteiger partial charge in [0.05, 0.1) is 22.1 Å². The first-order chi connectivity index (χ1) is 16.2. The summed E-state index contributed by atoms with van der Waals surface area (Å²) >= 11 is 1.68. The van der Waals surface area contributed by atoms with Crippen molar-refractivity contribution in [1.29, 1.82) is 0 Å². The van der Waals surface area contributed by atoms with Gasteiger partial charge in [0, 0.05) is 24.4 Å². The lowest BCUT2D eigenvalue weighted by Crippen LogP contribution is -2.42. The second-order valence-electron chi connectivity index (χ2n) is 9.11. The summed E-state index contributed by atoms with van der Waals surface area (Å²) in [6, 6.07) is 7.88. The third-order valence-electron chi connectivity index (χ3n) is 5.99. The Kier molecular flexibility index (Phi) is 7.04. The van der Waals surface area contributed by atoms with E-state index in [1.165, 1.54) is 6.20 Å². The first-order valence-electron chi connectivity index (χ1n) is 11.5. The summed E-state index contributed by atoms with van der Waals surface area (Å²) in [5, 5.41) is 3.75. The van der Waals surface area contributed by atoms with E-state index in [2.05, 4.69) is 28.2 Å². The van der Waals surface area contributed by atoms with Gasteiger partial charge in [-0.1, -0.05) is 13.8 Å². The largest absolute Gasteiger partial charge is 0.477 e. The maximum atomic E-state index is 13.3. The number of nitrogens with zero attached hydrogens (tertiary/aromatic N) is 4. The number of aromatic nitrogens is 2. The van der Waals surface area contributed by atoms with E-state index in [9.17, 15) is 9.59 Å². The molecule has 0 unspecified atom stereocenters. The molecule has 0 radical (unpaired) electrons. The highest BCUT2D eigenvalue weighted by molar-refractivity contribution is 7.18. The molecule has 3 aromatic rings. The molecule has 2 amide bonds. The number of aryl methyl sites for hydroxylation is 1. The monoisotopic (exact) mass is 479 g/mol. The molecule has 178 valence electrons. The molecule has 9 heteroatoms. The molecule has 1 aromatic carbocycles. The van der Waals surface area contributed by atoms with Crippen LogP contribution in [0, 0.1) is 5.92 Å². The quantitative estimate of drug-likeness (QED) is 0.430. The Labute approximate surface area is 203 Å². The third kappa shape index (κ3) is 5.15. The van der Waals surface area contributed by atoms with Crippen molar-refractivity contribution in [3.8, 4) is 0 Å². The number of nitrogens with two attached hydrogens (primary N) is 1. The van der Waals surface area contributed by atoms with Gasteiger partial charge in [-0.05, 0) is 56.8 Å². The van der Waals surface area contributed by atoms with Gasteiger partial charge in [-0.2, -0.15) is 4.58 Å². The van der Waals surface area contributed by atoms with Gasteiger partial charge in [0.2, 0.25) is 0 Å². The molecule has 1 atom stereocenters. The van der Waals surface area contributed by atoms with Crippen LogP contribution in [0.25, 0.3) is 10.2 Å². The molecule has 3 N–H and O–H groups in total. The fourth-order valence-corrected chi connectivity index (χ4v) is 5.28. The summed E-state index contributed by atoms with van der Waals surface area (Å²) < 4.78 is 2.74. The molecule has 0 spiro atoms. The van der Waals surface area contributed by atoms with E-state index in [0.717, 1.165) is 51.4 Å². The Balaban J connectivity index is 1.64. The van der Waals surface area contributed by atoms with E-state index in [1.807, 2.05) is 33.2 Å². The zero-order valence-corrected chi connectivity index (χ0v) is 20.9. The number of rotatable bonds is 5. The lowest BCUT2D eigenvalue weighted by atomic mass is 9.94. The lowest BCUT2D eigenvalue weighted by Gasteiger charge is -2.18. The molecule has 1 aliphatic rings. The van der Waals surface area contributed by atoms with Crippen LogP contribution in [0.15, 0.2) is 30.5 Å². The van der Waals surface area contributed by atoms with Gasteiger partial charge in [0.1, 0.15) is 10.8 Å². The van der Waals surface area contributed by atoms with Gasteiger partial charge in [0.25, 0.3) is 0 Å². The number of anilines is 2. The normalized spacial score (nSPS) is 16.3. The van der Waals surface area contributed by atoms with Crippen LogP contribution < -0.4 is 11.1 Å². The molecular weight excluding hydrogens is 448 g/mol. The molecule has 0 saturated carbocycles. The van der Waals surface area contributed by atoms with E-state index in [4.69, 9.17) is 10.7 Å². The number of nitrogens with one attached hydrogen (secondary N) is 1.